The quantitative estimate of drug-likeness (QED) is 0.781. The lowest BCUT2D eigenvalue weighted by Gasteiger charge is -2.30. The average molecular weight is 334 g/mol. The number of benzene rings is 1. The molecular weight excluding hydrogens is 312 g/mol. The maximum absolute atomic E-state index is 12.8. The summed E-state index contributed by atoms with van der Waals surface area (Å²) >= 11 is 5.58. The van der Waals surface area contributed by atoms with E-state index in [2.05, 4.69) is 4.90 Å². The van der Waals surface area contributed by atoms with Crippen molar-refractivity contribution in [1.29, 1.82) is 0 Å². The van der Waals surface area contributed by atoms with Gasteiger partial charge < -0.3 is 19.3 Å². The summed E-state index contributed by atoms with van der Waals surface area (Å²) in [7, 11) is 0. The van der Waals surface area contributed by atoms with E-state index in [1.54, 1.807) is 0 Å². The van der Waals surface area contributed by atoms with Crippen LogP contribution in [0.1, 0.15) is 15.9 Å². The van der Waals surface area contributed by atoms with E-state index in [1.165, 1.54) is 0 Å². The van der Waals surface area contributed by atoms with Crippen molar-refractivity contribution in [1.82, 2.24) is 9.80 Å². The van der Waals surface area contributed by atoms with Gasteiger partial charge in [0.05, 0.1) is 31.4 Å². The Morgan fingerprint density at radius 3 is 2.17 bits per heavy atom. The number of carbonyl (C=O) groups excluding carboxylic acids is 1. The van der Waals surface area contributed by atoms with Gasteiger partial charge in [-0.2, -0.15) is 0 Å². The van der Waals surface area contributed by atoms with Crippen LogP contribution in [0.4, 0.5) is 0 Å². The summed E-state index contributed by atoms with van der Waals surface area (Å²) in [6.07, 6.45) is 0.627. The van der Waals surface area contributed by atoms with Crippen molar-refractivity contribution in [3.05, 3.63) is 35.4 Å². The van der Waals surface area contributed by atoms with E-state index in [-0.39, 0.29) is 5.91 Å². The minimum absolute atomic E-state index is 0.0775. The molecule has 1 aromatic carbocycles. The molecule has 2 aliphatic rings. The minimum Gasteiger partial charge on any atom is -0.378 e. The van der Waals surface area contributed by atoms with E-state index in [4.69, 9.17) is 21.7 Å². The Bertz CT molecular complexity index is 567. The van der Waals surface area contributed by atoms with Crippen LogP contribution in [0.5, 0.6) is 0 Å². The first-order valence-corrected chi connectivity index (χ1v) is 8.47. The lowest BCUT2D eigenvalue weighted by atomic mass is 10.0. The number of carbonyl (C=O) groups is 1. The highest BCUT2D eigenvalue weighted by Gasteiger charge is 2.22. The van der Waals surface area contributed by atoms with Crippen LogP contribution in [0, 0.1) is 0 Å². The van der Waals surface area contributed by atoms with Gasteiger partial charge in [0, 0.05) is 38.2 Å². The molecule has 1 amide bonds. The molecule has 3 rings (SSSR count). The second-order valence-corrected chi connectivity index (χ2v) is 6.20. The molecule has 6 heteroatoms. The van der Waals surface area contributed by atoms with Crippen molar-refractivity contribution < 1.29 is 14.3 Å². The Balaban J connectivity index is 1.72. The van der Waals surface area contributed by atoms with E-state index in [0.29, 0.717) is 45.9 Å². The van der Waals surface area contributed by atoms with Crippen LogP contribution in [-0.4, -0.2) is 73.3 Å². The summed E-state index contributed by atoms with van der Waals surface area (Å²) in [6, 6.07) is 7.78. The molecule has 2 saturated heterocycles. The van der Waals surface area contributed by atoms with Crippen molar-refractivity contribution in [3.8, 4) is 0 Å². The molecule has 124 valence electrons. The number of amides is 1. The number of morpholine rings is 2. The molecule has 2 aliphatic heterocycles. The van der Waals surface area contributed by atoms with Crippen LogP contribution in [0.25, 0.3) is 0 Å². The molecule has 2 fully saturated rings. The molecule has 0 spiro atoms. The average Bonchev–Trinajstić information content (AvgIpc) is 2.63. The maximum Gasteiger partial charge on any atom is 0.254 e. The first-order chi connectivity index (χ1) is 11.3. The van der Waals surface area contributed by atoms with Gasteiger partial charge in [-0.15, -0.1) is 0 Å². The first-order valence-electron chi connectivity index (χ1n) is 8.06. The fourth-order valence-electron chi connectivity index (χ4n) is 2.91. The summed E-state index contributed by atoms with van der Waals surface area (Å²) in [6.45, 7) is 5.63. The molecule has 0 saturated carbocycles. The number of hydrogen-bond acceptors (Lipinski definition) is 4. The van der Waals surface area contributed by atoms with Crippen LogP contribution in [-0.2, 0) is 15.9 Å². The van der Waals surface area contributed by atoms with Gasteiger partial charge in [0.25, 0.3) is 5.91 Å². The van der Waals surface area contributed by atoms with Gasteiger partial charge in [-0.3, -0.25) is 4.79 Å². The lowest BCUT2D eigenvalue weighted by molar-refractivity contribution is 0.0302. The zero-order chi connectivity index (χ0) is 16.1. The number of ether oxygens (including phenoxy) is 2. The Morgan fingerprint density at radius 1 is 0.957 bits per heavy atom. The molecular formula is C17H22N2O3S. The maximum atomic E-state index is 12.8. The monoisotopic (exact) mass is 334 g/mol. The highest BCUT2D eigenvalue weighted by molar-refractivity contribution is 7.80. The highest BCUT2D eigenvalue weighted by atomic mass is 32.1. The second-order valence-electron chi connectivity index (χ2n) is 5.73. The van der Waals surface area contributed by atoms with Gasteiger partial charge in [-0.05, 0) is 11.6 Å². The third-order valence-corrected chi connectivity index (χ3v) is 4.65. The molecule has 1 aromatic rings. The standard InChI is InChI=1S/C17H22N2O3S/c20-17(19-7-11-22-12-8-19)15-4-2-1-3-14(15)13-16(23)18-5-9-21-10-6-18/h1-4H,5-13H2. The smallest absolute Gasteiger partial charge is 0.254 e. The largest absolute Gasteiger partial charge is 0.378 e. The van der Waals surface area contributed by atoms with Gasteiger partial charge in [0.1, 0.15) is 0 Å². The van der Waals surface area contributed by atoms with Gasteiger partial charge in [-0.25, -0.2) is 0 Å². The summed E-state index contributed by atoms with van der Waals surface area (Å²) in [5.41, 5.74) is 1.76. The van der Waals surface area contributed by atoms with Gasteiger partial charge in [-0.1, -0.05) is 30.4 Å². The molecule has 5 nitrogen and oxygen atoms in total. The summed E-state index contributed by atoms with van der Waals surface area (Å²) in [5, 5.41) is 0. The summed E-state index contributed by atoms with van der Waals surface area (Å²) < 4.78 is 10.7. The molecule has 0 aliphatic carbocycles. The summed E-state index contributed by atoms with van der Waals surface area (Å²) in [4.78, 5) is 17.7. The molecule has 0 aromatic heterocycles. The Labute approximate surface area is 142 Å². The molecule has 2 heterocycles. The van der Waals surface area contributed by atoms with Crippen LogP contribution < -0.4 is 0 Å². The first kappa shape index (κ1) is 16.4. The van der Waals surface area contributed by atoms with E-state index in [0.717, 1.165) is 29.2 Å². The lowest BCUT2D eigenvalue weighted by Crippen LogP contribution is -2.42. The van der Waals surface area contributed by atoms with Crippen molar-refractivity contribution in [2.45, 2.75) is 6.42 Å². The van der Waals surface area contributed by atoms with Crippen molar-refractivity contribution in [3.63, 3.8) is 0 Å². The number of thiocarbonyl (C=S) groups is 1. The number of nitrogens with zero attached hydrogens (tertiary/aromatic N) is 2. The third kappa shape index (κ3) is 4.07. The molecule has 0 N–H and O–H groups in total. The minimum atomic E-state index is 0.0775. The SMILES string of the molecule is O=C(c1ccccc1CC(=S)N1CCOCC1)N1CCOCC1. The van der Waals surface area contributed by atoms with E-state index in [1.807, 2.05) is 29.2 Å². The van der Waals surface area contributed by atoms with Crippen molar-refractivity contribution >= 4 is 23.1 Å². The zero-order valence-electron chi connectivity index (χ0n) is 13.2. The molecule has 23 heavy (non-hydrogen) atoms. The molecule has 0 atom stereocenters. The second kappa shape index (κ2) is 7.86. The van der Waals surface area contributed by atoms with Gasteiger partial charge in [0.2, 0.25) is 0 Å². The Morgan fingerprint density at radius 2 is 1.52 bits per heavy atom. The molecule has 0 bridgehead atoms. The van der Waals surface area contributed by atoms with Crippen LogP contribution in [0.15, 0.2) is 24.3 Å². The van der Waals surface area contributed by atoms with Crippen molar-refractivity contribution in [2.75, 3.05) is 52.6 Å². The predicted molar refractivity (Wildman–Crippen MR) is 91.9 cm³/mol. The highest BCUT2D eigenvalue weighted by Crippen LogP contribution is 2.16. The van der Waals surface area contributed by atoms with Crippen molar-refractivity contribution in [2.24, 2.45) is 0 Å². The normalized spacial score (nSPS) is 18.8. The van der Waals surface area contributed by atoms with Crippen LogP contribution >= 0.6 is 12.2 Å². The van der Waals surface area contributed by atoms with E-state index in [9.17, 15) is 4.79 Å². The fraction of sp³-hybridized carbons (Fsp3) is 0.529. The summed E-state index contributed by atoms with van der Waals surface area (Å²) in [5.74, 6) is 0.0775. The van der Waals surface area contributed by atoms with Gasteiger partial charge in [0.15, 0.2) is 0 Å². The van der Waals surface area contributed by atoms with Gasteiger partial charge >= 0.3 is 0 Å². The third-order valence-electron chi connectivity index (χ3n) is 4.25. The Hall–Kier alpha value is -1.50. The van der Waals surface area contributed by atoms with E-state index < -0.39 is 0 Å². The molecule has 0 radical (unpaired) electrons. The van der Waals surface area contributed by atoms with Crippen LogP contribution in [0.3, 0.4) is 0 Å². The fourth-order valence-corrected chi connectivity index (χ4v) is 3.25. The predicted octanol–water partition coefficient (Wildman–Crippen LogP) is 1.36. The zero-order valence-corrected chi connectivity index (χ0v) is 14.0. The Kier molecular flexibility index (Phi) is 5.59. The number of rotatable bonds is 3. The number of hydrogen-bond donors (Lipinski definition) is 0. The van der Waals surface area contributed by atoms with E-state index >= 15 is 0 Å². The molecule has 0 unspecified atom stereocenters. The van der Waals surface area contributed by atoms with Crippen LogP contribution in [0.2, 0.25) is 0 Å². The topological polar surface area (TPSA) is 42.0 Å².